The van der Waals surface area contributed by atoms with Crippen molar-refractivity contribution >= 4 is 17.5 Å². The minimum atomic E-state index is -0.896. The summed E-state index contributed by atoms with van der Waals surface area (Å²) in [5.41, 5.74) is 2.44. The lowest BCUT2D eigenvalue weighted by atomic mass is 10.1. The number of para-hydroxylation sites is 2. The summed E-state index contributed by atoms with van der Waals surface area (Å²) < 4.78 is 5.59. The molecular weight excluding hydrogens is 322 g/mol. The monoisotopic (exact) mass is 341 g/mol. The molecule has 1 aromatic heterocycles. The molecule has 25 heavy (non-hydrogen) atoms. The zero-order valence-electron chi connectivity index (χ0n) is 14.0. The minimum Gasteiger partial charge on any atom is -0.478 e. The maximum absolute atomic E-state index is 12.1. The fourth-order valence-electron chi connectivity index (χ4n) is 2.76. The summed E-state index contributed by atoms with van der Waals surface area (Å²) >= 11 is 0. The Bertz CT molecular complexity index is 888. The van der Waals surface area contributed by atoms with Gasteiger partial charge >= 0.3 is 0 Å². The minimum absolute atomic E-state index is 0.102. The van der Waals surface area contributed by atoms with E-state index in [1.54, 1.807) is 31.2 Å². The molecule has 7 nitrogen and oxygen atoms in total. The molecule has 0 fully saturated rings. The third-order valence-corrected chi connectivity index (χ3v) is 4.03. The highest BCUT2D eigenvalue weighted by molar-refractivity contribution is 5.99. The lowest BCUT2D eigenvalue weighted by Crippen LogP contribution is -2.41. The van der Waals surface area contributed by atoms with Crippen molar-refractivity contribution in [2.24, 2.45) is 0 Å². The van der Waals surface area contributed by atoms with E-state index in [1.807, 2.05) is 13.0 Å². The maximum atomic E-state index is 12.1. The third-order valence-electron chi connectivity index (χ3n) is 4.03. The van der Waals surface area contributed by atoms with Crippen molar-refractivity contribution in [3.63, 3.8) is 0 Å². The van der Waals surface area contributed by atoms with Crippen molar-refractivity contribution in [1.29, 1.82) is 0 Å². The Balaban J connectivity index is 1.62. The predicted molar refractivity (Wildman–Crippen MR) is 92.5 cm³/mol. The number of carbonyl (C=O) groups is 2. The van der Waals surface area contributed by atoms with Gasteiger partial charge in [0.05, 0.1) is 12.1 Å². The third kappa shape index (κ3) is 3.71. The number of pyridine rings is 1. The van der Waals surface area contributed by atoms with Gasteiger partial charge in [0.2, 0.25) is 5.91 Å². The zero-order valence-corrected chi connectivity index (χ0v) is 14.0. The molecule has 3 N–H and O–H groups in total. The average molecular weight is 341 g/mol. The van der Waals surface area contributed by atoms with Crippen LogP contribution in [-0.4, -0.2) is 22.9 Å². The highest BCUT2D eigenvalue weighted by atomic mass is 16.5. The van der Waals surface area contributed by atoms with Crippen LogP contribution in [0.5, 0.6) is 5.75 Å². The number of hydrogen-bond donors (Lipinski definition) is 3. The Labute approximate surface area is 144 Å². The first kappa shape index (κ1) is 16.8. The largest absolute Gasteiger partial charge is 0.478 e. The molecule has 0 radical (unpaired) electrons. The van der Waals surface area contributed by atoms with Gasteiger partial charge in [-0.25, -0.2) is 0 Å². The highest BCUT2D eigenvalue weighted by Gasteiger charge is 2.29. The molecule has 1 aliphatic rings. The Morgan fingerprint density at radius 1 is 1.24 bits per heavy atom. The maximum Gasteiger partial charge on any atom is 0.266 e. The standard InChI is InChI=1S/C18H19N3O4/c1-10-7-11(2)20-17(23)12(10)9-19-16(22)8-15-18(24)21-13-5-3-4-6-14(13)25-15/h3-7,15H,8-9H2,1-2H3,(H,19,22)(H,20,23)(H,21,24). The first-order valence-electron chi connectivity index (χ1n) is 7.96. The van der Waals surface area contributed by atoms with Gasteiger partial charge in [0.15, 0.2) is 6.10 Å². The molecule has 1 aliphatic heterocycles. The summed E-state index contributed by atoms with van der Waals surface area (Å²) in [5.74, 6) is -0.192. The van der Waals surface area contributed by atoms with Gasteiger partial charge in [-0.05, 0) is 37.6 Å². The van der Waals surface area contributed by atoms with Crippen LogP contribution in [0.2, 0.25) is 0 Å². The lowest BCUT2D eigenvalue weighted by molar-refractivity contribution is -0.130. The summed E-state index contributed by atoms with van der Waals surface area (Å²) in [7, 11) is 0. The van der Waals surface area contributed by atoms with Crippen molar-refractivity contribution in [3.8, 4) is 5.75 Å². The molecule has 1 aromatic carbocycles. The number of anilines is 1. The Hall–Kier alpha value is -3.09. The summed E-state index contributed by atoms with van der Waals surface area (Å²) in [4.78, 5) is 38.9. The van der Waals surface area contributed by atoms with Gasteiger partial charge in [-0.15, -0.1) is 0 Å². The van der Waals surface area contributed by atoms with Gasteiger partial charge in [-0.1, -0.05) is 12.1 Å². The summed E-state index contributed by atoms with van der Waals surface area (Å²) in [6.07, 6.45) is -1.02. The van der Waals surface area contributed by atoms with Gasteiger partial charge in [0.25, 0.3) is 11.5 Å². The molecule has 130 valence electrons. The van der Waals surface area contributed by atoms with E-state index >= 15 is 0 Å². The van der Waals surface area contributed by atoms with Crippen molar-refractivity contribution in [2.45, 2.75) is 32.9 Å². The average Bonchev–Trinajstić information content (AvgIpc) is 2.54. The number of ether oxygens (including phenoxy) is 1. The Morgan fingerprint density at radius 3 is 2.76 bits per heavy atom. The fourth-order valence-corrected chi connectivity index (χ4v) is 2.76. The molecular formula is C18H19N3O4. The van der Waals surface area contributed by atoms with Gasteiger partial charge in [-0.3, -0.25) is 14.4 Å². The van der Waals surface area contributed by atoms with Crippen molar-refractivity contribution < 1.29 is 14.3 Å². The van der Waals surface area contributed by atoms with Gasteiger partial charge in [0, 0.05) is 17.8 Å². The van der Waals surface area contributed by atoms with Crippen LogP contribution in [0.4, 0.5) is 5.69 Å². The number of amides is 2. The van der Waals surface area contributed by atoms with Crippen LogP contribution in [0.25, 0.3) is 0 Å². The highest BCUT2D eigenvalue weighted by Crippen LogP contribution is 2.29. The quantitative estimate of drug-likeness (QED) is 0.782. The van der Waals surface area contributed by atoms with Crippen LogP contribution >= 0.6 is 0 Å². The number of benzene rings is 1. The van der Waals surface area contributed by atoms with Crippen molar-refractivity contribution in [2.75, 3.05) is 5.32 Å². The molecule has 1 atom stereocenters. The lowest BCUT2D eigenvalue weighted by Gasteiger charge is -2.25. The second-order valence-corrected chi connectivity index (χ2v) is 6.02. The van der Waals surface area contributed by atoms with E-state index in [1.165, 1.54) is 0 Å². The predicted octanol–water partition coefficient (Wildman–Crippen LogP) is 1.40. The molecule has 0 saturated carbocycles. The molecule has 2 amide bonds. The number of H-pyrrole nitrogens is 1. The van der Waals surface area contributed by atoms with Gasteiger partial charge < -0.3 is 20.4 Å². The number of rotatable bonds is 4. The Kier molecular flexibility index (Phi) is 4.56. The van der Waals surface area contributed by atoms with E-state index in [0.29, 0.717) is 17.0 Å². The number of hydrogen-bond acceptors (Lipinski definition) is 4. The molecule has 2 heterocycles. The molecule has 0 aliphatic carbocycles. The first-order chi connectivity index (χ1) is 11.9. The van der Waals surface area contributed by atoms with Crippen LogP contribution in [0.15, 0.2) is 35.1 Å². The number of fused-ring (bicyclic) bond motifs is 1. The smallest absolute Gasteiger partial charge is 0.266 e. The SMILES string of the molecule is Cc1cc(C)c(CNC(=O)CC2Oc3ccccc3NC2=O)c(=O)[nH]1. The van der Waals surface area contributed by atoms with E-state index < -0.39 is 6.10 Å². The number of carbonyl (C=O) groups excluding carboxylic acids is 2. The topological polar surface area (TPSA) is 100 Å². The van der Waals surface area contributed by atoms with Crippen molar-refractivity contribution in [3.05, 3.63) is 57.5 Å². The number of aromatic nitrogens is 1. The van der Waals surface area contributed by atoms with Crippen LogP contribution in [0, 0.1) is 13.8 Å². The van der Waals surface area contributed by atoms with Crippen LogP contribution in [0.1, 0.15) is 23.2 Å². The first-order valence-corrected chi connectivity index (χ1v) is 7.96. The molecule has 3 rings (SSSR count). The summed E-state index contributed by atoms with van der Waals surface area (Å²) in [6, 6.07) is 8.89. The Morgan fingerprint density at radius 2 is 2.00 bits per heavy atom. The number of aromatic amines is 1. The zero-order chi connectivity index (χ0) is 18.0. The molecule has 2 aromatic rings. The number of nitrogens with one attached hydrogen (secondary N) is 3. The molecule has 0 spiro atoms. The second-order valence-electron chi connectivity index (χ2n) is 6.02. The van der Waals surface area contributed by atoms with Crippen LogP contribution in [0.3, 0.4) is 0 Å². The van der Waals surface area contributed by atoms with E-state index in [-0.39, 0.29) is 30.3 Å². The second kappa shape index (κ2) is 6.80. The van der Waals surface area contributed by atoms with Crippen LogP contribution in [-0.2, 0) is 16.1 Å². The molecule has 0 saturated heterocycles. The fraction of sp³-hybridized carbons (Fsp3) is 0.278. The summed E-state index contributed by atoms with van der Waals surface area (Å²) in [5, 5.41) is 5.39. The van der Waals surface area contributed by atoms with E-state index in [4.69, 9.17) is 4.74 Å². The van der Waals surface area contributed by atoms with Crippen molar-refractivity contribution in [1.82, 2.24) is 10.3 Å². The van der Waals surface area contributed by atoms with Crippen LogP contribution < -0.4 is 20.9 Å². The molecule has 7 heteroatoms. The summed E-state index contributed by atoms with van der Waals surface area (Å²) in [6.45, 7) is 3.72. The van der Waals surface area contributed by atoms with Gasteiger partial charge in [-0.2, -0.15) is 0 Å². The van der Waals surface area contributed by atoms with E-state index in [9.17, 15) is 14.4 Å². The molecule has 0 bridgehead atoms. The number of aryl methyl sites for hydroxylation is 2. The normalized spacial score (nSPS) is 15.8. The van der Waals surface area contributed by atoms with E-state index in [0.717, 1.165) is 11.3 Å². The van der Waals surface area contributed by atoms with Gasteiger partial charge in [0.1, 0.15) is 5.75 Å². The van der Waals surface area contributed by atoms with E-state index in [2.05, 4.69) is 15.6 Å². The molecule has 1 unspecified atom stereocenters.